The summed E-state index contributed by atoms with van der Waals surface area (Å²) in [6, 6.07) is 4.43. The average Bonchev–Trinajstić information content (AvgIpc) is 2.39. The Morgan fingerprint density at radius 2 is 2.00 bits per heavy atom. The van der Waals surface area contributed by atoms with Crippen LogP contribution in [0.1, 0.15) is 24.5 Å². The fourth-order valence-corrected chi connectivity index (χ4v) is 1.79. The van der Waals surface area contributed by atoms with Gasteiger partial charge in [-0.2, -0.15) is 0 Å². The minimum absolute atomic E-state index is 0.0892. The van der Waals surface area contributed by atoms with E-state index in [4.69, 9.17) is 11.1 Å². The molecule has 0 amide bonds. The fourth-order valence-electron chi connectivity index (χ4n) is 1.79. The van der Waals surface area contributed by atoms with Crippen LogP contribution in [-0.4, -0.2) is 15.8 Å². The van der Waals surface area contributed by atoms with Crippen LogP contribution in [0, 0.1) is 11.2 Å². The lowest BCUT2D eigenvalue weighted by Gasteiger charge is -2.05. The first kappa shape index (κ1) is 13.1. The lowest BCUT2D eigenvalue weighted by molar-refractivity contribution is 0.625. The van der Waals surface area contributed by atoms with Crippen molar-refractivity contribution < 1.29 is 4.39 Å². The monoisotopic (exact) mass is 258 g/mol. The van der Waals surface area contributed by atoms with Gasteiger partial charge in [0.05, 0.1) is 5.56 Å². The van der Waals surface area contributed by atoms with Gasteiger partial charge in [-0.25, -0.2) is 14.4 Å². The van der Waals surface area contributed by atoms with Gasteiger partial charge in [0.15, 0.2) is 5.82 Å². The topological polar surface area (TPSA) is 75.7 Å². The van der Waals surface area contributed by atoms with Crippen molar-refractivity contribution in [2.45, 2.75) is 19.8 Å². The van der Waals surface area contributed by atoms with E-state index < -0.39 is 5.82 Å². The second-order valence-corrected chi connectivity index (χ2v) is 4.27. The third-order valence-corrected chi connectivity index (χ3v) is 2.76. The smallest absolute Gasteiger partial charge is 0.159 e. The van der Waals surface area contributed by atoms with Crippen LogP contribution in [0.15, 0.2) is 30.6 Å². The Kier molecular flexibility index (Phi) is 3.85. The predicted octanol–water partition coefficient (Wildman–Crippen LogP) is 2.52. The van der Waals surface area contributed by atoms with Gasteiger partial charge in [-0.15, -0.1) is 0 Å². The number of hydrogen-bond donors (Lipinski definition) is 2. The second kappa shape index (κ2) is 5.56. The Labute approximate surface area is 111 Å². The van der Waals surface area contributed by atoms with Crippen molar-refractivity contribution >= 4 is 5.84 Å². The summed E-state index contributed by atoms with van der Waals surface area (Å²) in [5.41, 5.74) is 6.99. The molecular weight excluding hydrogens is 243 g/mol. The number of benzene rings is 1. The van der Waals surface area contributed by atoms with E-state index in [9.17, 15) is 4.39 Å². The molecule has 98 valence electrons. The maximum Gasteiger partial charge on any atom is 0.159 e. The molecule has 0 radical (unpaired) electrons. The van der Waals surface area contributed by atoms with Crippen LogP contribution >= 0.6 is 0 Å². The van der Waals surface area contributed by atoms with Crippen LogP contribution in [0.4, 0.5) is 4.39 Å². The summed E-state index contributed by atoms with van der Waals surface area (Å²) >= 11 is 0. The van der Waals surface area contributed by atoms with Gasteiger partial charge >= 0.3 is 0 Å². The number of nitrogen functional groups attached to an aromatic ring is 1. The predicted molar refractivity (Wildman–Crippen MR) is 72.4 cm³/mol. The Morgan fingerprint density at radius 1 is 1.32 bits per heavy atom. The van der Waals surface area contributed by atoms with E-state index in [0.29, 0.717) is 11.4 Å². The third kappa shape index (κ3) is 2.93. The number of aromatic nitrogens is 2. The van der Waals surface area contributed by atoms with Gasteiger partial charge < -0.3 is 5.73 Å². The van der Waals surface area contributed by atoms with Crippen LogP contribution < -0.4 is 5.73 Å². The van der Waals surface area contributed by atoms with E-state index in [0.717, 1.165) is 18.4 Å². The summed E-state index contributed by atoms with van der Waals surface area (Å²) in [6.45, 7) is 2.09. The molecule has 1 heterocycles. The lowest BCUT2D eigenvalue weighted by atomic mass is 10.1. The first-order chi connectivity index (χ1) is 9.11. The van der Waals surface area contributed by atoms with Crippen LogP contribution in [-0.2, 0) is 6.42 Å². The summed E-state index contributed by atoms with van der Waals surface area (Å²) in [5.74, 6) is -0.358. The van der Waals surface area contributed by atoms with E-state index in [1.807, 2.05) is 0 Å². The number of aryl methyl sites for hydroxylation is 1. The lowest BCUT2D eigenvalue weighted by Crippen LogP contribution is -2.13. The summed E-state index contributed by atoms with van der Waals surface area (Å²) in [5, 5.41) is 7.23. The second-order valence-electron chi connectivity index (χ2n) is 4.27. The molecule has 3 N–H and O–H groups in total. The molecule has 19 heavy (non-hydrogen) atoms. The SMILES string of the molecule is CCCc1cnc(-c2ccc(C(=N)N)c(F)c2)nc1. The Hall–Kier alpha value is -2.30. The van der Waals surface area contributed by atoms with Crippen molar-refractivity contribution in [3.63, 3.8) is 0 Å². The highest BCUT2D eigenvalue weighted by Crippen LogP contribution is 2.18. The fraction of sp³-hybridized carbons (Fsp3) is 0.214. The number of amidine groups is 1. The Bertz CT molecular complexity index is 593. The Morgan fingerprint density at radius 3 is 2.53 bits per heavy atom. The summed E-state index contributed by atoms with van der Waals surface area (Å²) in [6.07, 6.45) is 5.47. The molecule has 0 unspecified atom stereocenters. The number of rotatable bonds is 4. The van der Waals surface area contributed by atoms with Gasteiger partial charge in [0.2, 0.25) is 0 Å². The summed E-state index contributed by atoms with van der Waals surface area (Å²) in [7, 11) is 0. The van der Waals surface area contributed by atoms with E-state index in [1.165, 1.54) is 12.1 Å². The van der Waals surface area contributed by atoms with E-state index >= 15 is 0 Å². The minimum Gasteiger partial charge on any atom is -0.384 e. The van der Waals surface area contributed by atoms with Crippen molar-refractivity contribution in [2.24, 2.45) is 5.73 Å². The quantitative estimate of drug-likeness (QED) is 0.653. The molecule has 5 heteroatoms. The molecule has 0 saturated carbocycles. The molecule has 2 aromatic rings. The molecule has 0 spiro atoms. The Balaban J connectivity index is 2.31. The van der Waals surface area contributed by atoms with Gasteiger partial charge in [-0.05, 0) is 24.1 Å². The summed E-state index contributed by atoms with van der Waals surface area (Å²) in [4.78, 5) is 8.44. The minimum atomic E-state index is -0.536. The number of nitrogens with two attached hydrogens (primary N) is 1. The van der Waals surface area contributed by atoms with Gasteiger partial charge in [-0.1, -0.05) is 19.4 Å². The molecule has 2 rings (SSSR count). The number of nitrogens with one attached hydrogen (secondary N) is 1. The molecule has 1 aromatic carbocycles. The standard InChI is InChI=1S/C14H15FN4/c1-2-3-9-7-18-14(19-8-9)10-4-5-11(13(16)17)12(15)6-10/h4-8H,2-3H2,1H3,(H3,16,17). The zero-order valence-electron chi connectivity index (χ0n) is 10.7. The normalized spacial score (nSPS) is 10.4. The zero-order chi connectivity index (χ0) is 13.8. The molecule has 0 aliphatic carbocycles. The zero-order valence-corrected chi connectivity index (χ0v) is 10.7. The van der Waals surface area contributed by atoms with Crippen LogP contribution in [0.5, 0.6) is 0 Å². The first-order valence-electron chi connectivity index (χ1n) is 6.07. The van der Waals surface area contributed by atoms with E-state index in [2.05, 4.69) is 16.9 Å². The van der Waals surface area contributed by atoms with Crippen molar-refractivity contribution in [3.8, 4) is 11.4 Å². The molecule has 4 nitrogen and oxygen atoms in total. The van der Waals surface area contributed by atoms with Gasteiger partial charge in [-0.3, -0.25) is 5.41 Å². The first-order valence-corrected chi connectivity index (χ1v) is 6.07. The molecular formula is C14H15FN4. The molecule has 1 aromatic heterocycles. The van der Waals surface area contributed by atoms with Crippen LogP contribution in [0.2, 0.25) is 0 Å². The number of halogens is 1. The van der Waals surface area contributed by atoms with Gasteiger partial charge in [0.1, 0.15) is 11.7 Å². The summed E-state index contributed by atoms with van der Waals surface area (Å²) < 4.78 is 13.7. The number of nitrogens with zero attached hydrogens (tertiary/aromatic N) is 2. The van der Waals surface area contributed by atoms with Crippen molar-refractivity contribution in [1.29, 1.82) is 5.41 Å². The highest BCUT2D eigenvalue weighted by Gasteiger charge is 2.08. The van der Waals surface area contributed by atoms with Gasteiger partial charge in [0, 0.05) is 18.0 Å². The largest absolute Gasteiger partial charge is 0.384 e. The molecule has 0 fully saturated rings. The van der Waals surface area contributed by atoms with Crippen molar-refractivity contribution in [3.05, 3.63) is 47.5 Å². The average molecular weight is 258 g/mol. The van der Waals surface area contributed by atoms with E-state index in [1.54, 1.807) is 18.5 Å². The van der Waals surface area contributed by atoms with Crippen LogP contribution in [0.3, 0.4) is 0 Å². The molecule has 0 bridgehead atoms. The van der Waals surface area contributed by atoms with Crippen molar-refractivity contribution in [2.75, 3.05) is 0 Å². The highest BCUT2D eigenvalue weighted by molar-refractivity contribution is 5.95. The highest BCUT2D eigenvalue weighted by atomic mass is 19.1. The van der Waals surface area contributed by atoms with Crippen LogP contribution in [0.25, 0.3) is 11.4 Å². The molecule has 0 aliphatic heterocycles. The maximum absolute atomic E-state index is 13.7. The maximum atomic E-state index is 13.7. The third-order valence-electron chi connectivity index (χ3n) is 2.76. The number of hydrogen-bond acceptors (Lipinski definition) is 3. The van der Waals surface area contributed by atoms with E-state index in [-0.39, 0.29) is 11.4 Å². The molecule has 0 saturated heterocycles. The van der Waals surface area contributed by atoms with Gasteiger partial charge in [0.25, 0.3) is 0 Å². The molecule has 0 aliphatic rings. The van der Waals surface area contributed by atoms with Crippen molar-refractivity contribution in [1.82, 2.24) is 9.97 Å². The molecule has 0 atom stereocenters.